The lowest BCUT2D eigenvalue weighted by molar-refractivity contribution is 0.218. The molecule has 2 N–H and O–H groups in total. The highest BCUT2D eigenvalue weighted by Gasteiger charge is 2.25. The van der Waals surface area contributed by atoms with Gasteiger partial charge in [0, 0.05) is 13.5 Å². The van der Waals surface area contributed by atoms with Crippen molar-refractivity contribution in [3.05, 3.63) is 12.2 Å². The van der Waals surface area contributed by atoms with Crippen molar-refractivity contribution in [3.8, 4) is 6.07 Å². The minimum Gasteiger partial charge on any atom is -0.380 e. The summed E-state index contributed by atoms with van der Waals surface area (Å²) in [7, 11) is 1.51. The predicted octanol–water partition coefficient (Wildman–Crippen LogP) is 0.770. The first-order chi connectivity index (χ1) is 5.58. The van der Waals surface area contributed by atoms with Gasteiger partial charge in [0.25, 0.3) is 0 Å². The van der Waals surface area contributed by atoms with Crippen LogP contribution in [0.4, 0.5) is 4.39 Å². The number of halogens is 1. The zero-order valence-corrected chi connectivity index (χ0v) is 7.14. The van der Waals surface area contributed by atoms with Gasteiger partial charge in [-0.25, -0.2) is 4.39 Å². The van der Waals surface area contributed by atoms with Crippen LogP contribution in [0.3, 0.4) is 0 Å². The molecule has 0 aliphatic carbocycles. The Kier molecular flexibility index (Phi) is 4.49. The van der Waals surface area contributed by atoms with Gasteiger partial charge < -0.3 is 10.5 Å². The third kappa shape index (κ3) is 3.46. The van der Waals surface area contributed by atoms with E-state index in [1.165, 1.54) is 7.11 Å². The molecule has 3 nitrogen and oxygen atoms in total. The van der Waals surface area contributed by atoms with E-state index in [4.69, 9.17) is 15.7 Å². The van der Waals surface area contributed by atoms with Gasteiger partial charge in [-0.15, -0.1) is 0 Å². The molecule has 0 aromatic rings. The van der Waals surface area contributed by atoms with Crippen molar-refractivity contribution in [1.29, 1.82) is 5.26 Å². The van der Waals surface area contributed by atoms with Gasteiger partial charge in [-0.3, -0.25) is 0 Å². The molecule has 0 spiro atoms. The number of methoxy groups -OCH3 is 1. The standard InChI is InChI=1S/C8H13FN2O/c1-7(4-12-2)3-8(11,5-9)6-10/h1,3-5,11H2,2H3. The van der Waals surface area contributed by atoms with Crippen LogP contribution in [0.25, 0.3) is 0 Å². The first-order valence-electron chi connectivity index (χ1n) is 3.49. The van der Waals surface area contributed by atoms with E-state index in [1.54, 1.807) is 6.07 Å². The number of hydrogen-bond acceptors (Lipinski definition) is 3. The minimum atomic E-state index is -1.43. The molecule has 0 saturated carbocycles. The maximum atomic E-state index is 12.2. The van der Waals surface area contributed by atoms with Gasteiger partial charge in [0.15, 0.2) is 0 Å². The van der Waals surface area contributed by atoms with Gasteiger partial charge in [0.2, 0.25) is 0 Å². The van der Waals surface area contributed by atoms with E-state index in [1.807, 2.05) is 0 Å². The zero-order valence-electron chi connectivity index (χ0n) is 7.14. The highest BCUT2D eigenvalue weighted by atomic mass is 19.1. The number of nitrogens with zero attached hydrogens (tertiary/aromatic N) is 1. The van der Waals surface area contributed by atoms with Gasteiger partial charge in [-0.2, -0.15) is 5.26 Å². The fourth-order valence-corrected chi connectivity index (χ4v) is 0.818. The highest BCUT2D eigenvalue weighted by Crippen LogP contribution is 2.12. The molecule has 68 valence electrons. The molecule has 0 aliphatic rings. The Bertz CT molecular complexity index is 200. The smallest absolute Gasteiger partial charge is 0.136 e. The van der Waals surface area contributed by atoms with Crippen molar-refractivity contribution in [1.82, 2.24) is 0 Å². The normalized spacial score (nSPS) is 14.8. The highest BCUT2D eigenvalue weighted by molar-refractivity contribution is 5.13. The summed E-state index contributed by atoms with van der Waals surface area (Å²) < 4.78 is 17.0. The number of hydrogen-bond donors (Lipinski definition) is 1. The molecule has 0 aliphatic heterocycles. The molecular formula is C8H13FN2O. The first kappa shape index (κ1) is 11.1. The lowest BCUT2D eigenvalue weighted by atomic mass is 9.96. The van der Waals surface area contributed by atoms with E-state index in [9.17, 15) is 4.39 Å². The van der Waals surface area contributed by atoms with Gasteiger partial charge >= 0.3 is 0 Å². The summed E-state index contributed by atoms with van der Waals surface area (Å²) in [4.78, 5) is 0. The van der Waals surface area contributed by atoms with Crippen LogP contribution in [0.15, 0.2) is 12.2 Å². The third-order valence-electron chi connectivity index (χ3n) is 1.38. The van der Waals surface area contributed by atoms with Crippen molar-refractivity contribution in [2.45, 2.75) is 12.0 Å². The average molecular weight is 172 g/mol. The summed E-state index contributed by atoms with van der Waals surface area (Å²) in [6, 6.07) is 1.70. The quantitative estimate of drug-likeness (QED) is 0.623. The molecule has 0 aromatic carbocycles. The predicted molar refractivity (Wildman–Crippen MR) is 44.1 cm³/mol. The molecule has 0 heterocycles. The van der Waals surface area contributed by atoms with Crippen molar-refractivity contribution < 1.29 is 9.13 Å². The van der Waals surface area contributed by atoms with Crippen LogP contribution in [0.1, 0.15) is 6.42 Å². The van der Waals surface area contributed by atoms with E-state index < -0.39 is 12.2 Å². The third-order valence-corrected chi connectivity index (χ3v) is 1.38. The summed E-state index contributed by atoms with van der Waals surface area (Å²) >= 11 is 0. The Morgan fingerprint density at radius 3 is 2.75 bits per heavy atom. The number of alkyl halides is 1. The molecule has 0 radical (unpaired) electrons. The van der Waals surface area contributed by atoms with E-state index in [0.29, 0.717) is 12.2 Å². The van der Waals surface area contributed by atoms with Crippen LogP contribution in [0.2, 0.25) is 0 Å². The molecule has 0 rings (SSSR count). The lowest BCUT2D eigenvalue weighted by Crippen LogP contribution is -2.41. The molecule has 0 fully saturated rings. The largest absolute Gasteiger partial charge is 0.380 e. The lowest BCUT2D eigenvalue weighted by Gasteiger charge is -2.17. The average Bonchev–Trinajstić information content (AvgIpc) is 2.05. The molecule has 12 heavy (non-hydrogen) atoms. The second kappa shape index (κ2) is 4.86. The molecule has 0 bridgehead atoms. The van der Waals surface area contributed by atoms with Crippen LogP contribution in [-0.4, -0.2) is 25.9 Å². The monoisotopic (exact) mass is 172 g/mol. The van der Waals surface area contributed by atoms with Crippen LogP contribution in [0, 0.1) is 11.3 Å². The number of nitriles is 1. The molecule has 0 saturated heterocycles. The second-order valence-electron chi connectivity index (χ2n) is 2.76. The Morgan fingerprint density at radius 1 is 1.83 bits per heavy atom. The van der Waals surface area contributed by atoms with Gasteiger partial charge in [-0.1, -0.05) is 6.58 Å². The minimum absolute atomic E-state index is 0.133. The zero-order chi connectivity index (χ0) is 9.61. The van der Waals surface area contributed by atoms with E-state index >= 15 is 0 Å². The first-order valence-corrected chi connectivity index (χ1v) is 3.49. The van der Waals surface area contributed by atoms with Crippen molar-refractivity contribution in [3.63, 3.8) is 0 Å². The summed E-state index contributed by atoms with van der Waals surface area (Å²) in [5.41, 5.74) is 4.56. The van der Waals surface area contributed by atoms with Gasteiger partial charge in [0.05, 0.1) is 12.7 Å². The number of ether oxygens (including phenoxy) is 1. The van der Waals surface area contributed by atoms with Crippen molar-refractivity contribution >= 4 is 0 Å². The van der Waals surface area contributed by atoms with E-state index in [-0.39, 0.29) is 6.42 Å². The fraction of sp³-hybridized carbons (Fsp3) is 0.625. The van der Waals surface area contributed by atoms with Gasteiger partial charge in [0.1, 0.15) is 12.2 Å². The second-order valence-corrected chi connectivity index (χ2v) is 2.76. The Balaban J connectivity index is 4.05. The topological polar surface area (TPSA) is 59.0 Å². The molecular weight excluding hydrogens is 159 g/mol. The number of rotatable bonds is 5. The van der Waals surface area contributed by atoms with E-state index in [0.717, 1.165) is 0 Å². The van der Waals surface area contributed by atoms with Crippen molar-refractivity contribution in [2.75, 3.05) is 20.4 Å². The Morgan fingerprint density at radius 2 is 2.42 bits per heavy atom. The van der Waals surface area contributed by atoms with Crippen LogP contribution in [-0.2, 0) is 4.74 Å². The fourth-order valence-electron chi connectivity index (χ4n) is 0.818. The molecule has 0 aromatic heterocycles. The number of nitrogens with two attached hydrogens (primary N) is 1. The maximum absolute atomic E-state index is 12.2. The van der Waals surface area contributed by atoms with Crippen LogP contribution < -0.4 is 5.73 Å². The van der Waals surface area contributed by atoms with Crippen molar-refractivity contribution in [2.24, 2.45) is 5.73 Å². The summed E-state index contributed by atoms with van der Waals surface area (Å²) in [5.74, 6) is 0. The summed E-state index contributed by atoms with van der Waals surface area (Å²) in [6.45, 7) is 3.04. The molecule has 1 atom stereocenters. The van der Waals surface area contributed by atoms with Crippen LogP contribution in [0.5, 0.6) is 0 Å². The molecule has 4 heteroatoms. The Labute approximate surface area is 71.6 Å². The van der Waals surface area contributed by atoms with E-state index in [2.05, 4.69) is 6.58 Å². The van der Waals surface area contributed by atoms with Gasteiger partial charge in [-0.05, 0) is 5.57 Å². The maximum Gasteiger partial charge on any atom is 0.136 e. The Hall–Kier alpha value is -0.920. The SMILES string of the molecule is C=C(COC)CC(N)(C#N)CF. The molecule has 0 amide bonds. The molecule has 1 unspecified atom stereocenters. The summed E-state index contributed by atoms with van der Waals surface area (Å²) in [5, 5.41) is 8.51. The summed E-state index contributed by atoms with van der Waals surface area (Å²) in [6.07, 6.45) is 0.133. The van der Waals surface area contributed by atoms with Crippen LogP contribution >= 0.6 is 0 Å².